The number of halogens is 1. The van der Waals surface area contributed by atoms with Crippen LogP contribution in [0.5, 0.6) is 11.5 Å². The zero-order valence-corrected chi connectivity index (χ0v) is 14.5. The molecule has 0 spiro atoms. The molecule has 6 heteroatoms. The van der Waals surface area contributed by atoms with Gasteiger partial charge in [-0.15, -0.1) is 0 Å². The number of hydrogen-bond donors (Lipinski definition) is 2. The quantitative estimate of drug-likeness (QED) is 0.606. The summed E-state index contributed by atoms with van der Waals surface area (Å²) in [7, 11) is 0. The number of hydrogen-bond acceptors (Lipinski definition) is 4. The van der Waals surface area contributed by atoms with E-state index in [1.165, 1.54) is 6.08 Å². The van der Waals surface area contributed by atoms with Crippen LogP contribution in [0.3, 0.4) is 0 Å². The van der Waals surface area contributed by atoms with Gasteiger partial charge in [-0.2, -0.15) is 5.26 Å². The molecule has 1 aromatic rings. The molecule has 2 rings (SSSR count). The fraction of sp³-hybridized carbons (Fsp3) is 0.412. The SMILES string of the molecule is CCOc1cc(/C=C(/C#N)C(=O)NC2CCCC2)cc(Br)c1O. The normalized spacial score (nSPS) is 15.3. The molecule has 122 valence electrons. The van der Waals surface area contributed by atoms with Crippen molar-refractivity contribution in [1.82, 2.24) is 5.32 Å². The van der Waals surface area contributed by atoms with E-state index in [9.17, 15) is 15.2 Å². The molecule has 0 radical (unpaired) electrons. The molecule has 0 heterocycles. The number of nitrogens with one attached hydrogen (secondary N) is 1. The first kappa shape index (κ1) is 17.4. The molecule has 23 heavy (non-hydrogen) atoms. The highest BCUT2D eigenvalue weighted by molar-refractivity contribution is 9.10. The molecular weight excluding hydrogens is 360 g/mol. The monoisotopic (exact) mass is 378 g/mol. The lowest BCUT2D eigenvalue weighted by Gasteiger charge is -2.11. The van der Waals surface area contributed by atoms with Crippen LogP contribution in [0.4, 0.5) is 0 Å². The topological polar surface area (TPSA) is 82.3 Å². The van der Waals surface area contributed by atoms with Gasteiger partial charge in [-0.1, -0.05) is 12.8 Å². The van der Waals surface area contributed by atoms with Crippen LogP contribution in [-0.4, -0.2) is 23.7 Å². The Balaban J connectivity index is 2.23. The van der Waals surface area contributed by atoms with E-state index < -0.39 is 0 Å². The summed E-state index contributed by atoms with van der Waals surface area (Å²) >= 11 is 3.24. The molecule has 1 fully saturated rings. The first-order valence-electron chi connectivity index (χ1n) is 7.63. The molecule has 0 aliphatic heterocycles. The van der Waals surface area contributed by atoms with E-state index in [-0.39, 0.29) is 23.3 Å². The molecule has 2 N–H and O–H groups in total. The highest BCUT2D eigenvalue weighted by atomic mass is 79.9. The van der Waals surface area contributed by atoms with E-state index in [0.29, 0.717) is 22.4 Å². The van der Waals surface area contributed by atoms with Crippen molar-refractivity contribution in [2.75, 3.05) is 6.61 Å². The zero-order chi connectivity index (χ0) is 16.8. The molecular formula is C17H19BrN2O3. The van der Waals surface area contributed by atoms with Crippen molar-refractivity contribution in [1.29, 1.82) is 5.26 Å². The molecule has 1 aliphatic carbocycles. The van der Waals surface area contributed by atoms with E-state index in [4.69, 9.17) is 4.74 Å². The van der Waals surface area contributed by atoms with Gasteiger partial charge < -0.3 is 15.2 Å². The largest absolute Gasteiger partial charge is 0.503 e. The minimum atomic E-state index is -0.360. The van der Waals surface area contributed by atoms with E-state index >= 15 is 0 Å². The van der Waals surface area contributed by atoms with E-state index in [1.807, 2.05) is 13.0 Å². The lowest BCUT2D eigenvalue weighted by Crippen LogP contribution is -2.33. The van der Waals surface area contributed by atoms with E-state index in [1.54, 1.807) is 12.1 Å². The summed E-state index contributed by atoms with van der Waals surface area (Å²) in [6, 6.07) is 5.34. The molecule has 1 aliphatic rings. The Morgan fingerprint density at radius 1 is 1.52 bits per heavy atom. The predicted octanol–water partition coefficient (Wildman–Crippen LogP) is 3.52. The molecule has 0 aromatic heterocycles. The number of ether oxygens (including phenoxy) is 1. The van der Waals surface area contributed by atoms with Crippen LogP contribution >= 0.6 is 15.9 Å². The van der Waals surface area contributed by atoms with Crippen LogP contribution in [0.15, 0.2) is 22.2 Å². The van der Waals surface area contributed by atoms with Gasteiger partial charge in [0.1, 0.15) is 11.6 Å². The first-order chi connectivity index (χ1) is 11.0. The van der Waals surface area contributed by atoms with Crippen molar-refractivity contribution in [2.24, 2.45) is 0 Å². The predicted molar refractivity (Wildman–Crippen MR) is 91.0 cm³/mol. The van der Waals surface area contributed by atoms with Crippen molar-refractivity contribution in [2.45, 2.75) is 38.6 Å². The summed E-state index contributed by atoms with van der Waals surface area (Å²) in [6.07, 6.45) is 5.64. The average Bonchev–Trinajstić information content (AvgIpc) is 3.02. The maximum atomic E-state index is 12.2. The highest BCUT2D eigenvalue weighted by Crippen LogP contribution is 2.36. The Bertz CT molecular complexity index is 659. The van der Waals surface area contributed by atoms with Crippen LogP contribution in [0.1, 0.15) is 38.2 Å². The maximum Gasteiger partial charge on any atom is 0.262 e. The van der Waals surface area contributed by atoms with Gasteiger partial charge in [-0.05, 0) is 59.5 Å². The number of phenols is 1. The van der Waals surface area contributed by atoms with Crippen LogP contribution in [-0.2, 0) is 4.79 Å². The standard InChI is InChI=1S/C17H19BrN2O3/c1-2-23-15-9-11(8-14(18)16(15)21)7-12(10-19)17(22)20-13-5-3-4-6-13/h7-9,13,21H,2-6H2,1H3,(H,20,22)/b12-7-. The van der Waals surface area contributed by atoms with Crippen LogP contribution in [0, 0.1) is 11.3 Å². The summed E-state index contributed by atoms with van der Waals surface area (Å²) in [5.41, 5.74) is 0.646. The number of nitriles is 1. The van der Waals surface area contributed by atoms with Crippen molar-refractivity contribution in [3.8, 4) is 17.6 Å². The second-order valence-electron chi connectivity index (χ2n) is 5.41. The highest BCUT2D eigenvalue weighted by Gasteiger charge is 2.19. The fourth-order valence-corrected chi connectivity index (χ4v) is 3.05. The maximum absolute atomic E-state index is 12.2. The molecule has 1 aromatic carbocycles. The van der Waals surface area contributed by atoms with Gasteiger partial charge in [-0.3, -0.25) is 4.79 Å². The van der Waals surface area contributed by atoms with Crippen molar-refractivity contribution < 1.29 is 14.6 Å². The van der Waals surface area contributed by atoms with Gasteiger partial charge in [0.25, 0.3) is 5.91 Å². The Labute approximate surface area is 144 Å². The number of carbonyl (C=O) groups is 1. The second kappa shape index (κ2) is 8.02. The molecule has 5 nitrogen and oxygen atoms in total. The van der Waals surface area contributed by atoms with Gasteiger partial charge in [0.2, 0.25) is 0 Å². The number of nitrogens with zero attached hydrogens (tertiary/aromatic N) is 1. The summed E-state index contributed by atoms with van der Waals surface area (Å²) < 4.78 is 5.80. The summed E-state index contributed by atoms with van der Waals surface area (Å²) in [5, 5.41) is 22.1. The van der Waals surface area contributed by atoms with E-state index in [2.05, 4.69) is 21.2 Å². The first-order valence-corrected chi connectivity index (χ1v) is 8.42. The molecule has 1 saturated carbocycles. The number of aromatic hydroxyl groups is 1. The third-order valence-electron chi connectivity index (χ3n) is 3.72. The summed E-state index contributed by atoms with van der Waals surface area (Å²) in [6.45, 7) is 2.21. The van der Waals surface area contributed by atoms with Gasteiger partial charge in [-0.25, -0.2) is 0 Å². The molecule has 0 saturated heterocycles. The van der Waals surface area contributed by atoms with Crippen molar-refractivity contribution >= 4 is 27.9 Å². The minimum Gasteiger partial charge on any atom is -0.503 e. The number of phenolic OH excluding ortho intramolecular Hbond substituents is 1. The average molecular weight is 379 g/mol. The number of benzene rings is 1. The third-order valence-corrected chi connectivity index (χ3v) is 4.32. The zero-order valence-electron chi connectivity index (χ0n) is 12.9. The molecule has 0 atom stereocenters. The summed E-state index contributed by atoms with van der Waals surface area (Å²) in [5.74, 6) is -0.0545. The number of amides is 1. The van der Waals surface area contributed by atoms with E-state index in [0.717, 1.165) is 25.7 Å². The lowest BCUT2D eigenvalue weighted by atomic mass is 10.1. The number of rotatable bonds is 5. The third kappa shape index (κ3) is 4.49. The van der Waals surface area contributed by atoms with Crippen LogP contribution < -0.4 is 10.1 Å². The van der Waals surface area contributed by atoms with Crippen LogP contribution in [0.2, 0.25) is 0 Å². The Hall–Kier alpha value is -2.00. The minimum absolute atomic E-state index is 0.00193. The Morgan fingerprint density at radius 2 is 2.22 bits per heavy atom. The Kier molecular flexibility index (Phi) is 6.05. The summed E-state index contributed by atoms with van der Waals surface area (Å²) in [4.78, 5) is 12.2. The molecule has 0 unspecified atom stereocenters. The smallest absolute Gasteiger partial charge is 0.262 e. The second-order valence-corrected chi connectivity index (χ2v) is 6.26. The van der Waals surface area contributed by atoms with Gasteiger partial charge in [0.05, 0.1) is 11.1 Å². The van der Waals surface area contributed by atoms with Crippen LogP contribution in [0.25, 0.3) is 6.08 Å². The van der Waals surface area contributed by atoms with Crippen molar-refractivity contribution in [3.05, 3.63) is 27.7 Å². The van der Waals surface area contributed by atoms with Crippen molar-refractivity contribution in [3.63, 3.8) is 0 Å². The molecule has 1 amide bonds. The number of carbonyl (C=O) groups excluding carboxylic acids is 1. The molecule has 0 bridgehead atoms. The van der Waals surface area contributed by atoms with Gasteiger partial charge in [0, 0.05) is 6.04 Å². The fourth-order valence-electron chi connectivity index (χ4n) is 2.59. The van der Waals surface area contributed by atoms with Gasteiger partial charge >= 0.3 is 0 Å². The Morgan fingerprint density at radius 3 is 2.83 bits per heavy atom. The lowest BCUT2D eigenvalue weighted by molar-refractivity contribution is -0.117. The van der Waals surface area contributed by atoms with Gasteiger partial charge in [0.15, 0.2) is 11.5 Å².